The van der Waals surface area contributed by atoms with E-state index < -0.39 is 0 Å². The maximum Gasteiger partial charge on any atom is 0.160 e. The summed E-state index contributed by atoms with van der Waals surface area (Å²) in [6.07, 6.45) is 3.01. The third-order valence-electron chi connectivity index (χ3n) is 5.54. The van der Waals surface area contributed by atoms with Gasteiger partial charge in [0.25, 0.3) is 0 Å². The summed E-state index contributed by atoms with van der Waals surface area (Å²) in [5.74, 6) is 1.12. The van der Waals surface area contributed by atoms with Crippen molar-refractivity contribution in [2.45, 2.75) is 41.3 Å². The molecule has 0 amide bonds. The van der Waals surface area contributed by atoms with Crippen molar-refractivity contribution in [2.75, 3.05) is 5.75 Å². The highest BCUT2D eigenvalue weighted by Gasteiger charge is 2.46. The quantitative estimate of drug-likeness (QED) is 0.493. The first-order chi connectivity index (χ1) is 14.3. The minimum atomic E-state index is 0.0329. The van der Waals surface area contributed by atoms with Crippen LogP contribution in [-0.2, 0) is 0 Å². The smallest absolute Gasteiger partial charge is 0.160 e. The molecule has 3 aromatic rings. The van der Waals surface area contributed by atoms with E-state index in [1.165, 1.54) is 20.5 Å². The van der Waals surface area contributed by atoms with Gasteiger partial charge in [0.1, 0.15) is 6.04 Å². The Labute approximate surface area is 180 Å². The molecule has 2 aromatic carbocycles. The van der Waals surface area contributed by atoms with Crippen LogP contribution in [0.2, 0.25) is 0 Å². The molecule has 29 heavy (non-hydrogen) atoms. The van der Waals surface area contributed by atoms with Crippen molar-refractivity contribution in [1.82, 2.24) is 9.88 Å². The monoisotopic (exact) mass is 417 g/mol. The van der Waals surface area contributed by atoms with E-state index in [0.717, 1.165) is 17.9 Å². The van der Waals surface area contributed by atoms with E-state index in [0.29, 0.717) is 6.04 Å². The Morgan fingerprint density at radius 3 is 2.59 bits per heavy atom. The number of hydrogen-bond acceptors (Lipinski definition) is 5. The minimum absolute atomic E-state index is 0.0329. The first-order valence-corrected chi connectivity index (χ1v) is 11.9. The van der Waals surface area contributed by atoms with Gasteiger partial charge in [-0.15, -0.1) is 0 Å². The molecule has 2 aliphatic heterocycles. The zero-order chi connectivity index (χ0) is 19.6. The molecule has 0 radical (unpaired) electrons. The summed E-state index contributed by atoms with van der Waals surface area (Å²) >= 11 is 3.73. The number of hydrogen-bond donors (Lipinski definition) is 0. The number of amidine groups is 1. The van der Waals surface area contributed by atoms with Gasteiger partial charge in [0.2, 0.25) is 0 Å². The molecule has 3 heterocycles. The van der Waals surface area contributed by atoms with E-state index in [-0.39, 0.29) is 12.1 Å². The highest BCUT2D eigenvalue weighted by atomic mass is 32.2. The van der Waals surface area contributed by atoms with Gasteiger partial charge in [-0.3, -0.25) is 9.98 Å². The van der Waals surface area contributed by atoms with Gasteiger partial charge in [0, 0.05) is 27.8 Å². The van der Waals surface area contributed by atoms with E-state index in [9.17, 15) is 0 Å². The van der Waals surface area contributed by atoms with E-state index in [2.05, 4.69) is 83.5 Å². The molecule has 1 fully saturated rings. The molecule has 3 nitrogen and oxygen atoms in total. The number of rotatable bonds is 5. The second-order valence-corrected chi connectivity index (χ2v) is 9.39. The third kappa shape index (κ3) is 3.58. The lowest BCUT2D eigenvalue weighted by Crippen LogP contribution is -2.35. The highest BCUT2D eigenvalue weighted by Crippen LogP contribution is 2.50. The van der Waals surface area contributed by atoms with Crippen molar-refractivity contribution < 1.29 is 0 Å². The fourth-order valence-corrected chi connectivity index (χ4v) is 6.46. The van der Waals surface area contributed by atoms with Crippen molar-refractivity contribution in [3.05, 3.63) is 90.3 Å². The summed E-state index contributed by atoms with van der Waals surface area (Å²) in [6, 6.07) is 26.3. The van der Waals surface area contributed by atoms with Crippen LogP contribution in [0.25, 0.3) is 0 Å². The molecule has 5 rings (SSSR count). The second-order valence-electron chi connectivity index (χ2n) is 7.29. The fraction of sp³-hybridized carbons (Fsp3) is 0.250. The Bertz CT molecular complexity index is 1010. The lowest BCUT2D eigenvalue weighted by atomic mass is 9.95. The maximum absolute atomic E-state index is 5.16. The van der Waals surface area contributed by atoms with Crippen LogP contribution in [0.4, 0.5) is 0 Å². The normalized spacial score (nSPS) is 23.1. The molecule has 5 heteroatoms. The average molecular weight is 418 g/mol. The lowest BCUT2D eigenvalue weighted by Gasteiger charge is -2.33. The number of aromatic nitrogens is 1. The van der Waals surface area contributed by atoms with Crippen LogP contribution in [0.15, 0.2) is 93.8 Å². The van der Waals surface area contributed by atoms with Gasteiger partial charge in [-0.1, -0.05) is 72.9 Å². The largest absolute Gasteiger partial charge is 0.338 e. The van der Waals surface area contributed by atoms with Crippen molar-refractivity contribution in [2.24, 2.45) is 4.99 Å². The third-order valence-corrected chi connectivity index (χ3v) is 7.76. The summed E-state index contributed by atoms with van der Waals surface area (Å²) < 4.78 is 0. The zero-order valence-corrected chi connectivity index (χ0v) is 17.9. The van der Waals surface area contributed by atoms with Crippen LogP contribution in [0.5, 0.6) is 0 Å². The van der Waals surface area contributed by atoms with E-state index in [4.69, 9.17) is 4.99 Å². The van der Waals surface area contributed by atoms with E-state index >= 15 is 0 Å². The topological polar surface area (TPSA) is 28.5 Å². The number of nitrogens with zero attached hydrogens (tertiary/aromatic N) is 3. The Hall–Kier alpha value is -2.24. The molecular formula is C24H23N3S2. The number of fused-ring (bicyclic) bond motifs is 1. The Morgan fingerprint density at radius 2 is 1.79 bits per heavy atom. The molecule has 0 N–H and O–H groups in total. The van der Waals surface area contributed by atoms with Gasteiger partial charge in [-0.05, 0) is 42.3 Å². The molecular weight excluding hydrogens is 394 g/mol. The molecule has 0 unspecified atom stereocenters. The van der Waals surface area contributed by atoms with Crippen LogP contribution in [0.1, 0.15) is 36.7 Å². The predicted molar refractivity (Wildman–Crippen MR) is 123 cm³/mol. The highest BCUT2D eigenvalue weighted by molar-refractivity contribution is 8.14. The van der Waals surface area contributed by atoms with Gasteiger partial charge in [-0.25, -0.2) is 0 Å². The Balaban J connectivity index is 1.59. The minimum Gasteiger partial charge on any atom is -0.338 e. The van der Waals surface area contributed by atoms with Gasteiger partial charge >= 0.3 is 0 Å². The molecule has 146 valence electrons. The predicted octanol–water partition coefficient (Wildman–Crippen LogP) is 6.21. The molecule has 1 saturated heterocycles. The van der Waals surface area contributed by atoms with Crippen molar-refractivity contribution >= 4 is 28.7 Å². The molecule has 2 aliphatic rings. The number of thioether (sulfide) groups is 1. The van der Waals surface area contributed by atoms with Gasteiger partial charge < -0.3 is 4.90 Å². The molecule has 0 spiro atoms. The van der Waals surface area contributed by atoms with Gasteiger partial charge in [0.15, 0.2) is 5.17 Å². The molecule has 3 atom stereocenters. The molecule has 1 aromatic heterocycles. The van der Waals surface area contributed by atoms with E-state index in [1.807, 2.05) is 35.8 Å². The zero-order valence-electron chi connectivity index (χ0n) is 16.3. The lowest BCUT2D eigenvalue weighted by molar-refractivity contribution is 0.252. The van der Waals surface area contributed by atoms with Crippen LogP contribution >= 0.6 is 23.5 Å². The number of aliphatic imine (C=N–C) groups is 1. The summed E-state index contributed by atoms with van der Waals surface area (Å²) in [6.45, 7) is 2.28. The summed E-state index contributed by atoms with van der Waals surface area (Å²) in [5.41, 5.74) is 2.39. The van der Waals surface area contributed by atoms with Crippen molar-refractivity contribution in [3.8, 4) is 0 Å². The number of pyridine rings is 1. The van der Waals surface area contributed by atoms with Crippen LogP contribution in [-0.4, -0.2) is 26.8 Å². The van der Waals surface area contributed by atoms with Crippen molar-refractivity contribution in [3.63, 3.8) is 0 Å². The molecule has 0 aliphatic carbocycles. The SMILES string of the molecule is CC[C@@H]1CSC2=N[C@H](c3ccccn3)[C@@H](c3ccccc3Sc3ccccc3)N21. The summed E-state index contributed by atoms with van der Waals surface area (Å²) in [4.78, 5) is 15.0. The van der Waals surface area contributed by atoms with E-state index in [1.54, 1.807) is 0 Å². The maximum atomic E-state index is 5.16. The second kappa shape index (κ2) is 8.25. The Kier molecular flexibility index (Phi) is 5.34. The van der Waals surface area contributed by atoms with Crippen LogP contribution in [0, 0.1) is 0 Å². The Morgan fingerprint density at radius 1 is 1.00 bits per heavy atom. The van der Waals surface area contributed by atoms with Crippen LogP contribution < -0.4 is 0 Å². The molecule has 0 bridgehead atoms. The molecule has 0 saturated carbocycles. The first kappa shape index (κ1) is 18.8. The fourth-order valence-electron chi connectivity index (χ4n) is 4.12. The first-order valence-electron chi connectivity index (χ1n) is 10.1. The van der Waals surface area contributed by atoms with Gasteiger partial charge in [-0.2, -0.15) is 0 Å². The van der Waals surface area contributed by atoms with Crippen molar-refractivity contribution in [1.29, 1.82) is 0 Å². The van der Waals surface area contributed by atoms with Crippen LogP contribution in [0.3, 0.4) is 0 Å². The standard InChI is InChI=1S/C24H23N3S2/c1-2-17-16-28-24-26-22(20-13-8-9-15-25-20)23(27(17)24)19-12-6-7-14-21(19)29-18-10-4-3-5-11-18/h3-15,17,22-23H,2,16H2,1H3/t17-,22-,23-/m1/s1. The summed E-state index contributed by atoms with van der Waals surface area (Å²) in [5, 5.41) is 1.18. The average Bonchev–Trinajstić information content (AvgIpc) is 3.35. The summed E-state index contributed by atoms with van der Waals surface area (Å²) in [7, 11) is 0. The van der Waals surface area contributed by atoms with Gasteiger partial charge in [0.05, 0.1) is 11.7 Å². The number of benzene rings is 2.